The minimum Gasteiger partial charge on any atom is -0.380 e. The third-order valence-electron chi connectivity index (χ3n) is 4.48. The molecule has 0 aliphatic rings. The number of rotatable bonds is 6. The van der Waals surface area contributed by atoms with Crippen molar-refractivity contribution in [1.82, 2.24) is 4.57 Å². The Bertz CT molecular complexity index is 576. The normalized spacial score (nSPS) is 13.1. The van der Waals surface area contributed by atoms with Crippen molar-refractivity contribution >= 4 is 20.9 Å². The summed E-state index contributed by atoms with van der Waals surface area (Å²) < 4.78 is 7.66. The Kier molecular flexibility index (Phi) is 4.82. The van der Waals surface area contributed by atoms with Crippen LogP contribution in [-0.2, 0) is 18.4 Å². The highest BCUT2D eigenvalue weighted by molar-refractivity contribution is 8.33. The molecule has 0 spiro atoms. The summed E-state index contributed by atoms with van der Waals surface area (Å²) in [7, 11) is 3.29. The lowest BCUT2D eigenvalue weighted by atomic mass is 10.2. The molecule has 0 aliphatic heterocycles. The minimum atomic E-state index is -0.675. The number of ether oxygens (including phenoxy) is 1. The number of hydrogen-bond donors (Lipinski definition) is 0. The van der Waals surface area contributed by atoms with Crippen molar-refractivity contribution in [3.8, 4) is 0 Å². The van der Waals surface area contributed by atoms with Crippen molar-refractivity contribution in [3.05, 3.63) is 29.8 Å². The van der Waals surface area contributed by atoms with Crippen LogP contribution in [0, 0.1) is 0 Å². The molecule has 0 amide bonds. The summed E-state index contributed by atoms with van der Waals surface area (Å²) in [5.74, 6) is 3.82. The van der Waals surface area contributed by atoms with Crippen LogP contribution in [0.25, 0.3) is 10.9 Å². The van der Waals surface area contributed by atoms with Crippen molar-refractivity contribution in [3.63, 3.8) is 0 Å². The van der Waals surface area contributed by atoms with Gasteiger partial charge in [0.1, 0.15) is 0 Å². The summed E-state index contributed by atoms with van der Waals surface area (Å²) in [5.41, 5.74) is 2.59. The summed E-state index contributed by atoms with van der Waals surface area (Å²) in [6.45, 7) is 7.72. The average Bonchev–Trinajstić information content (AvgIpc) is 2.80. The molecule has 0 saturated carbocycles. The minimum absolute atomic E-state index is 0.675. The van der Waals surface area contributed by atoms with Gasteiger partial charge in [-0.2, -0.15) is 0 Å². The molecule has 20 heavy (non-hydrogen) atoms. The highest BCUT2D eigenvalue weighted by Gasteiger charge is 2.24. The highest BCUT2D eigenvalue weighted by atomic mass is 32.3. The summed E-state index contributed by atoms with van der Waals surface area (Å²) in [6.07, 6.45) is 0. The first-order valence-electron chi connectivity index (χ1n) is 7.45. The molecule has 3 heteroatoms. The van der Waals surface area contributed by atoms with E-state index in [0.29, 0.717) is 6.61 Å². The van der Waals surface area contributed by atoms with Crippen molar-refractivity contribution in [2.45, 2.75) is 32.4 Å². The predicted octanol–water partition coefficient (Wildman–Crippen LogP) is 4.55. The van der Waals surface area contributed by atoms with Gasteiger partial charge >= 0.3 is 0 Å². The first-order valence-corrected chi connectivity index (χ1v) is 9.59. The SMILES string of the molecule is CCS(CC)(CC)c1cc2cc(COC)ccc2n1C. The Morgan fingerprint density at radius 1 is 1.05 bits per heavy atom. The molecule has 2 rings (SSSR count). The number of aryl methyl sites for hydroxylation is 1. The summed E-state index contributed by atoms with van der Waals surface area (Å²) in [6, 6.07) is 9.10. The Hall–Kier alpha value is -0.930. The zero-order valence-corrected chi connectivity index (χ0v) is 14.2. The van der Waals surface area contributed by atoms with E-state index < -0.39 is 10.0 Å². The van der Waals surface area contributed by atoms with E-state index in [2.05, 4.69) is 56.7 Å². The van der Waals surface area contributed by atoms with Gasteiger partial charge in [0, 0.05) is 25.1 Å². The molecule has 1 aromatic carbocycles. The fourth-order valence-corrected chi connectivity index (χ4v) is 6.27. The summed E-state index contributed by atoms with van der Waals surface area (Å²) in [5, 5.41) is 2.90. The van der Waals surface area contributed by atoms with Crippen LogP contribution < -0.4 is 0 Å². The van der Waals surface area contributed by atoms with Gasteiger partial charge in [0.05, 0.1) is 11.6 Å². The molecule has 0 unspecified atom stereocenters. The monoisotopic (exact) mass is 293 g/mol. The Morgan fingerprint density at radius 3 is 2.25 bits per heavy atom. The van der Waals surface area contributed by atoms with E-state index in [1.54, 1.807) is 12.1 Å². The fraction of sp³-hybridized carbons (Fsp3) is 0.529. The van der Waals surface area contributed by atoms with E-state index in [9.17, 15) is 0 Å². The van der Waals surface area contributed by atoms with Gasteiger partial charge in [-0.1, -0.05) is 26.8 Å². The lowest BCUT2D eigenvalue weighted by Gasteiger charge is -2.37. The molecule has 0 bridgehead atoms. The second-order valence-electron chi connectivity index (χ2n) is 5.28. The van der Waals surface area contributed by atoms with Crippen molar-refractivity contribution in [1.29, 1.82) is 0 Å². The predicted molar refractivity (Wildman–Crippen MR) is 91.1 cm³/mol. The van der Waals surface area contributed by atoms with Crippen molar-refractivity contribution < 1.29 is 4.74 Å². The number of methoxy groups -OCH3 is 1. The van der Waals surface area contributed by atoms with Crippen LogP contribution in [0.2, 0.25) is 0 Å². The van der Waals surface area contributed by atoms with Crippen LogP contribution in [0.4, 0.5) is 0 Å². The van der Waals surface area contributed by atoms with E-state index >= 15 is 0 Å². The number of nitrogens with zero attached hydrogens (tertiary/aromatic N) is 1. The number of hydrogen-bond acceptors (Lipinski definition) is 1. The van der Waals surface area contributed by atoms with Gasteiger partial charge in [-0.05, 0) is 41.0 Å². The maximum atomic E-state index is 5.24. The van der Waals surface area contributed by atoms with E-state index in [4.69, 9.17) is 4.74 Å². The van der Waals surface area contributed by atoms with Gasteiger partial charge in [0.25, 0.3) is 0 Å². The summed E-state index contributed by atoms with van der Waals surface area (Å²) >= 11 is 0. The molecular weight excluding hydrogens is 266 g/mol. The molecule has 1 aromatic heterocycles. The second-order valence-corrected chi connectivity index (χ2v) is 9.52. The van der Waals surface area contributed by atoms with Gasteiger partial charge in [-0.15, -0.1) is 0 Å². The third-order valence-corrected chi connectivity index (χ3v) is 9.07. The molecule has 0 saturated heterocycles. The van der Waals surface area contributed by atoms with Crippen molar-refractivity contribution in [2.24, 2.45) is 7.05 Å². The average molecular weight is 293 g/mol. The van der Waals surface area contributed by atoms with Crippen LogP contribution in [0.3, 0.4) is 0 Å². The highest BCUT2D eigenvalue weighted by Crippen LogP contribution is 2.55. The van der Waals surface area contributed by atoms with Gasteiger partial charge in [0.15, 0.2) is 0 Å². The standard InChI is InChI=1S/C17H27NOS/c1-6-20(7-2,8-3)17-12-15-11-14(13-19-5)9-10-16(15)18(17)4/h9-12H,6-8,13H2,1-5H3. The number of aromatic nitrogens is 1. The number of benzene rings is 1. The fourth-order valence-electron chi connectivity index (χ4n) is 3.10. The van der Waals surface area contributed by atoms with Crippen molar-refractivity contribution in [2.75, 3.05) is 24.4 Å². The van der Waals surface area contributed by atoms with E-state index in [0.717, 1.165) is 0 Å². The first-order chi connectivity index (χ1) is 9.61. The topological polar surface area (TPSA) is 14.2 Å². The maximum Gasteiger partial charge on any atom is 0.0713 e. The van der Waals surface area contributed by atoms with Crippen LogP contribution in [0.5, 0.6) is 0 Å². The summed E-state index contributed by atoms with van der Waals surface area (Å²) in [4.78, 5) is 0. The molecule has 0 fully saturated rings. The maximum absolute atomic E-state index is 5.24. The molecule has 1 heterocycles. The smallest absolute Gasteiger partial charge is 0.0713 e. The molecule has 2 nitrogen and oxygen atoms in total. The van der Waals surface area contributed by atoms with Crippen LogP contribution in [0.1, 0.15) is 26.3 Å². The lowest BCUT2D eigenvalue weighted by Crippen LogP contribution is -2.12. The van der Waals surface area contributed by atoms with Gasteiger partial charge in [-0.3, -0.25) is 0 Å². The lowest BCUT2D eigenvalue weighted by molar-refractivity contribution is 0.185. The largest absolute Gasteiger partial charge is 0.380 e. The number of fused-ring (bicyclic) bond motifs is 1. The molecule has 0 aliphatic carbocycles. The van der Waals surface area contributed by atoms with Crippen LogP contribution in [-0.4, -0.2) is 28.9 Å². The quantitative estimate of drug-likeness (QED) is 0.762. The van der Waals surface area contributed by atoms with Gasteiger partial charge in [0.2, 0.25) is 0 Å². The van der Waals surface area contributed by atoms with E-state index in [-0.39, 0.29) is 0 Å². The molecule has 0 radical (unpaired) electrons. The Morgan fingerprint density at radius 2 is 1.70 bits per heavy atom. The zero-order valence-electron chi connectivity index (χ0n) is 13.4. The Balaban J connectivity index is 2.57. The molecule has 0 atom stereocenters. The van der Waals surface area contributed by atoms with Gasteiger partial charge < -0.3 is 9.30 Å². The molecule has 0 N–H and O–H groups in total. The Labute approximate surface area is 124 Å². The molecule has 112 valence electrons. The zero-order chi connectivity index (χ0) is 14.8. The van der Waals surface area contributed by atoms with Crippen LogP contribution in [0.15, 0.2) is 29.3 Å². The first kappa shape index (κ1) is 15.5. The van der Waals surface area contributed by atoms with E-state index in [1.165, 1.54) is 33.7 Å². The third kappa shape index (κ3) is 2.49. The second kappa shape index (κ2) is 6.23. The molecular formula is C17H27NOS. The van der Waals surface area contributed by atoms with Gasteiger partial charge in [-0.25, -0.2) is 10.0 Å². The van der Waals surface area contributed by atoms with E-state index in [1.807, 2.05) is 0 Å². The van der Waals surface area contributed by atoms with Crippen LogP contribution >= 0.6 is 10.0 Å². The molecule has 2 aromatic rings.